The molecule has 3 rings (SSSR count). The molecule has 19 atom stereocenters. The lowest BCUT2D eigenvalue weighted by atomic mass is 9.95. The molecule has 32 heteroatoms. The van der Waals surface area contributed by atoms with Gasteiger partial charge in [0.15, 0.2) is 73.8 Å². The topological polar surface area (TPSA) is 400 Å². The van der Waals surface area contributed by atoms with Gasteiger partial charge in [0.2, 0.25) is 0 Å². The van der Waals surface area contributed by atoms with Crippen molar-refractivity contribution in [1.29, 1.82) is 0 Å². The van der Waals surface area contributed by atoms with Crippen molar-refractivity contribution in [3.05, 3.63) is 0 Å². The molecular weight excluding hydrogens is 1490 g/mol. The molecule has 3 aliphatic rings. The minimum atomic E-state index is -2.13. The number of carbonyl (C=O) groups is 13. The van der Waals surface area contributed by atoms with Gasteiger partial charge in [-0.3, -0.25) is 62.3 Å². The van der Waals surface area contributed by atoms with Crippen LogP contribution in [0, 0.1) is 0 Å². The van der Waals surface area contributed by atoms with Gasteiger partial charge in [-0.25, -0.2) is 0 Å². The molecule has 3 aliphatic heterocycles. The summed E-state index contributed by atoms with van der Waals surface area (Å²) in [6.07, 6.45) is -0.181. The van der Waals surface area contributed by atoms with E-state index in [1.807, 2.05) is 0 Å². The van der Waals surface area contributed by atoms with E-state index < -0.39 is 214 Å². The molecule has 1 amide bonds. The first-order valence-electron chi connectivity index (χ1n) is 41.4. The summed E-state index contributed by atoms with van der Waals surface area (Å²) in [5, 5.41) is 2.86. The van der Waals surface area contributed by atoms with Crippen molar-refractivity contribution in [2.75, 3.05) is 19.8 Å². The number of carbonyl (C=O) groups excluding carboxylic acids is 13. The van der Waals surface area contributed by atoms with Crippen LogP contribution in [0.25, 0.3) is 0 Å². The summed E-state index contributed by atoms with van der Waals surface area (Å²) in [6.45, 7) is 15.6. The number of ether oxygens (including phenoxy) is 18. The maximum absolute atomic E-state index is 15.1. The summed E-state index contributed by atoms with van der Waals surface area (Å²) in [5.74, 6) is -12.3. The molecule has 1 N–H and O–H groups in total. The molecule has 0 bridgehead atoms. The molecule has 3 fully saturated rings. The fraction of sp³-hybridized carbons (Fsp3) is 0.841. The van der Waals surface area contributed by atoms with Gasteiger partial charge in [0, 0.05) is 83.1 Å². The molecular formula is C82H135NO31. The van der Waals surface area contributed by atoms with E-state index in [4.69, 9.17) is 85.3 Å². The lowest BCUT2D eigenvalue weighted by molar-refractivity contribution is -0.386. The Morgan fingerprint density at radius 2 is 0.623 bits per heavy atom. The van der Waals surface area contributed by atoms with Crippen LogP contribution in [0.4, 0.5) is 0 Å². The molecule has 0 saturated carbocycles. The highest BCUT2D eigenvalue weighted by atomic mass is 16.8. The van der Waals surface area contributed by atoms with E-state index in [1.54, 1.807) is 0 Å². The Balaban J connectivity index is 2.30. The van der Waals surface area contributed by atoms with Crippen LogP contribution in [0.2, 0.25) is 0 Å². The molecule has 0 aliphatic carbocycles. The Bertz CT molecular complexity index is 2910. The summed E-state index contributed by atoms with van der Waals surface area (Å²) in [4.78, 5) is 173. The monoisotopic (exact) mass is 1630 g/mol. The summed E-state index contributed by atoms with van der Waals surface area (Å²) in [7, 11) is 0. The zero-order valence-electron chi connectivity index (χ0n) is 70.4. The third-order valence-electron chi connectivity index (χ3n) is 19.4. The zero-order valence-corrected chi connectivity index (χ0v) is 70.4. The van der Waals surface area contributed by atoms with E-state index in [1.165, 1.54) is 90.4 Å². The molecule has 3 saturated heterocycles. The highest BCUT2D eigenvalue weighted by Gasteiger charge is 2.60. The van der Waals surface area contributed by atoms with Gasteiger partial charge >= 0.3 is 71.6 Å². The largest absolute Gasteiger partial charge is 0.463 e. The van der Waals surface area contributed by atoms with Crippen LogP contribution in [0.15, 0.2) is 0 Å². The quantitative estimate of drug-likeness (QED) is 0.0336. The summed E-state index contributed by atoms with van der Waals surface area (Å²) in [5.41, 5.74) is 0. The molecule has 0 radical (unpaired) electrons. The van der Waals surface area contributed by atoms with Gasteiger partial charge in [-0.15, -0.1) is 0 Å². The number of amides is 1. The van der Waals surface area contributed by atoms with Crippen molar-refractivity contribution in [3.8, 4) is 0 Å². The Morgan fingerprint density at radius 1 is 0.307 bits per heavy atom. The van der Waals surface area contributed by atoms with Gasteiger partial charge in [0.1, 0.15) is 43.7 Å². The van der Waals surface area contributed by atoms with Crippen molar-refractivity contribution in [3.63, 3.8) is 0 Å². The average Bonchev–Trinajstić information content (AvgIpc) is 0.759. The zero-order chi connectivity index (χ0) is 84.7. The van der Waals surface area contributed by atoms with E-state index in [0.29, 0.717) is 25.7 Å². The minimum absolute atomic E-state index is 0.0380. The third kappa shape index (κ3) is 41.1. The molecule has 114 heavy (non-hydrogen) atoms. The van der Waals surface area contributed by atoms with Crippen molar-refractivity contribution in [1.82, 2.24) is 5.32 Å². The second kappa shape index (κ2) is 57.0. The maximum Gasteiger partial charge on any atom is 0.303 e. The number of hydrogen-bond donors (Lipinski definition) is 1. The highest BCUT2D eigenvalue weighted by Crippen LogP contribution is 2.39. The van der Waals surface area contributed by atoms with Crippen LogP contribution in [-0.2, 0) is 148 Å². The van der Waals surface area contributed by atoms with Crippen LogP contribution in [-0.4, -0.2) is 214 Å². The van der Waals surface area contributed by atoms with E-state index in [-0.39, 0.29) is 12.8 Å². The molecule has 0 aromatic rings. The van der Waals surface area contributed by atoms with Crippen LogP contribution in [0.3, 0.4) is 0 Å². The Labute approximate surface area is 673 Å². The number of esters is 12. The van der Waals surface area contributed by atoms with Crippen LogP contribution < -0.4 is 5.32 Å². The molecule has 654 valence electrons. The maximum atomic E-state index is 15.1. The first-order valence-corrected chi connectivity index (χ1v) is 41.4. The van der Waals surface area contributed by atoms with Crippen LogP contribution in [0.5, 0.6) is 0 Å². The SMILES string of the molecule is CCCCCCCCCCCCCCCCCCCCCC[C@@H](OC(C)=O)C(=O)N[C@@H](CO[C@@H]1O[C@H](COC(C)=O)[C@@H](O[C@@H]2O[C@H](COC(C)=O)[C@H](OC(C)=O)[C@H](OC(C)=O)[C@H]2OC(C)=O)[C@H](O[C@@H]2O[C@@H](C)[C@@H](OC(C)=O)[C@@H](OC(C)=O)[C@@H]2OC(C)=O)[C@H]1OC(C)=O)[C@H](OC(C)=O)[C@@H](CCCCCCCCCCCC)OC(C)=O. The summed E-state index contributed by atoms with van der Waals surface area (Å²) >= 11 is 0. The molecule has 0 spiro atoms. The third-order valence-corrected chi connectivity index (χ3v) is 19.4. The van der Waals surface area contributed by atoms with Gasteiger partial charge in [-0.2, -0.15) is 0 Å². The first-order chi connectivity index (χ1) is 54.3. The highest BCUT2D eigenvalue weighted by molar-refractivity contribution is 5.83. The molecule has 3 heterocycles. The number of nitrogens with one attached hydrogen (secondary N) is 1. The van der Waals surface area contributed by atoms with Crippen molar-refractivity contribution >= 4 is 77.5 Å². The fourth-order valence-corrected chi connectivity index (χ4v) is 14.3. The van der Waals surface area contributed by atoms with Crippen LogP contribution >= 0.6 is 0 Å². The standard InChI is InChI=1S/C82H135NO31/c1-16-18-20-22-24-26-28-29-30-31-32-33-34-35-36-37-39-41-43-45-47-66(102-55(7)87)79(96)83-64(70(104-57(9)89)65(101-54(6)86)46-44-42-40-38-27-25-23-21-19-17-2)48-99-80-76(108-61(13)93)75(114-81-77(109-62(14)94)73(106-59(11)91)69(51(3)100-81)103-56(8)88)72(68(111-80)50-98-53(5)85)113-82-78(110-63(15)95)74(107-60(12)92)71(105-58(10)90)67(112-82)49-97-52(4)84/h51,64-78,80-82H,16-50H2,1-15H3,(H,83,96)/t51-,64-,65+,66+,67+,68+,69+,70-,71-,72+,73+,74-,75-,76+,77-,78+,80+,81-,82-/m0/s1. The predicted octanol–water partition coefficient (Wildman–Crippen LogP) is 11.4. The Kier molecular flexibility index (Phi) is 50.6. The van der Waals surface area contributed by atoms with E-state index >= 15 is 4.79 Å². The summed E-state index contributed by atoms with van der Waals surface area (Å²) in [6, 6.07) is -1.63. The lowest BCUT2D eigenvalue weighted by Crippen LogP contribution is -2.69. The van der Waals surface area contributed by atoms with Gasteiger partial charge in [0.05, 0.1) is 18.8 Å². The van der Waals surface area contributed by atoms with E-state index in [9.17, 15) is 57.5 Å². The number of rotatable bonds is 57. The van der Waals surface area contributed by atoms with Gasteiger partial charge < -0.3 is 90.6 Å². The van der Waals surface area contributed by atoms with Crippen molar-refractivity contribution < 1.29 is 148 Å². The van der Waals surface area contributed by atoms with Crippen LogP contribution in [0.1, 0.15) is 309 Å². The van der Waals surface area contributed by atoms with Gasteiger partial charge in [-0.05, 0) is 32.6 Å². The Morgan fingerprint density at radius 3 is 1.01 bits per heavy atom. The smallest absolute Gasteiger partial charge is 0.303 e. The second-order valence-electron chi connectivity index (χ2n) is 29.9. The lowest BCUT2D eigenvalue weighted by Gasteiger charge is -2.50. The van der Waals surface area contributed by atoms with Gasteiger partial charge in [-0.1, -0.05) is 194 Å². The molecule has 32 nitrogen and oxygen atoms in total. The molecule has 0 aromatic carbocycles. The molecule has 0 aromatic heterocycles. The predicted molar refractivity (Wildman–Crippen MR) is 407 cm³/mol. The van der Waals surface area contributed by atoms with E-state index in [0.717, 1.165) is 167 Å². The normalized spacial score (nSPS) is 24.3. The van der Waals surface area contributed by atoms with Crippen molar-refractivity contribution in [2.24, 2.45) is 0 Å². The number of unbranched alkanes of at least 4 members (excludes halogenated alkanes) is 28. The fourth-order valence-electron chi connectivity index (χ4n) is 14.3. The Hall–Kier alpha value is -7.13. The van der Waals surface area contributed by atoms with E-state index in [2.05, 4.69) is 19.2 Å². The average molecular weight is 1630 g/mol. The molecule has 0 unspecified atom stereocenters. The number of hydrogen-bond acceptors (Lipinski definition) is 31. The van der Waals surface area contributed by atoms with Crippen molar-refractivity contribution in [2.45, 2.75) is 426 Å². The van der Waals surface area contributed by atoms with Gasteiger partial charge in [0.25, 0.3) is 5.91 Å². The summed E-state index contributed by atoms with van der Waals surface area (Å²) < 4.78 is 109. The second-order valence-corrected chi connectivity index (χ2v) is 29.9. The first kappa shape index (κ1) is 101. The minimum Gasteiger partial charge on any atom is -0.463 e.